The molecule has 16 heavy (non-hydrogen) atoms. The van der Waals surface area contributed by atoms with E-state index in [1.165, 1.54) is 4.88 Å². The maximum Gasteiger partial charge on any atom is 0.0701 e. The molecule has 2 heterocycles. The van der Waals surface area contributed by atoms with Crippen LogP contribution in [0.5, 0.6) is 0 Å². The first-order chi connectivity index (χ1) is 7.58. The predicted molar refractivity (Wildman–Crippen MR) is 70.6 cm³/mol. The van der Waals surface area contributed by atoms with Crippen LogP contribution in [-0.4, -0.2) is 9.78 Å². The molecule has 0 aliphatic carbocycles. The molecule has 0 aromatic carbocycles. The van der Waals surface area contributed by atoms with Gasteiger partial charge in [-0.3, -0.25) is 4.68 Å². The standard InChI is InChI=1S/C11H14BrN3S/c1-7-9(6-14-15(7)2)10(13)5-8-3-4-11(12)16-8/h3-4,6,10H,5,13H2,1-2H3. The molecule has 3 nitrogen and oxygen atoms in total. The number of hydrogen-bond donors (Lipinski definition) is 1. The van der Waals surface area contributed by atoms with Crippen LogP contribution < -0.4 is 5.73 Å². The lowest BCUT2D eigenvalue weighted by molar-refractivity contribution is 0.705. The maximum atomic E-state index is 6.19. The van der Waals surface area contributed by atoms with Crippen LogP contribution in [0.3, 0.4) is 0 Å². The molecule has 0 aliphatic rings. The second-order valence-corrected chi connectivity index (χ2v) is 6.37. The molecule has 5 heteroatoms. The van der Waals surface area contributed by atoms with E-state index in [0.29, 0.717) is 0 Å². The Balaban J connectivity index is 2.14. The van der Waals surface area contributed by atoms with Crippen LogP contribution in [0.4, 0.5) is 0 Å². The fourth-order valence-corrected chi connectivity index (χ4v) is 3.21. The van der Waals surface area contributed by atoms with Crippen molar-refractivity contribution in [3.05, 3.63) is 38.3 Å². The van der Waals surface area contributed by atoms with Crippen LogP contribution in [0.25, 0.3) is 0 Å². The molecule has 0 bridgehead atoms. The first-order valence-corrected chi connectivity index (χ1v) is 6.67. The summed E-state index contributed by atoms with van der Waals surface area (Å²) in [6.45, 7) is 2.05. The van der Waals surface area contributed by atoms with E-state index in [4.69, 9.17) is 5.73 Å². The summed E-state index contributed by atoms with van der Waals surface area (Å²) in [6, 6.07) is 4.20. The highest BCUT2D eigenvalue weighted by Crippen LogP contribution is 2.26. The first-order valence-electron chi connectivity index (χ1n) is 5.06. The monoisotopic (exact) mass is 299 g/mol. The fraction of sp³-hybridized carbons (Fsp3) is 0.364. The molecule has 2 aromatic rings. The normalized spacial score (nSPS) is 13.0. The zero-order valence-electron chi connectivity index (χ0n) is 9.27. The maximum absolute atomic E-state index is 6.19. The highest BCUT2D eigenvalue weighted by Gasteiger charge is 2.13. The Morgan fingerprint density at radius 1 is 1.56 bits per heavy atom. The number of halogens is 1. The Kier molecular flexibility index (Phi) is 3.47. The average molecular weight is 300 g/mol. The molecular weight excluding hydrogens is 286 g/mol. The van der Waals surface area contributed by atoms with Crippen LogP contribution in [0.1, 0.15) is 22.2 Å². The third kappa shape index (κ3) is 2.36. The van der Waals surface area contributed by atoms with E-state index in [-0.39, 0.29) is 6.04 Å². The minimum Gasteiger partial charge on any atom is -0.324 e. The molecule has 2 rings (SSSR count). The Hall–Kier alpha value is -0.650. The third-order valence-electron chi connectivity index (χ3n) is 2.72. The van der Waals surface area contributed by atoms with Crippen molar-refractivity contribution in [2.75, 3.05) is 0 Å². The number of nitrogens with zero attached hydrogens (tertiary/aromatic N) is 2. The summed E-state index contributed by atoms with van der Waals surface area (Å²) in [5.74, 6) is 0. The van der Waals surface area contributed by atoms with Gasteiger partial charge in [0.2, 0.25) is 0 Å². The molecule has 0 spiro atoms. The number of thiophene rings is 1. The van der Waals surface area contributed by atoms with Crippen molar-refractivity contribution in [2.45, 2.75) is 19.4 Å². The summed E-state index contributed by atoms with van der Waals surface area (Å²) in [6.07, 6.45) is 2.73. The molecule has 0 saturated heterocycles. The number of aromatic nitrogens is 2. The van der Waals surface area contributed by atoms with Crippen molar-refractivity contribution in [3.8, 4) is 0 Å². The van der Waals surface area contributed by atoms with Crippen LogP contribution >= 0.6 is 27.3 Å². The quantitative estimate of drug-likeness (QED) is 0.947. The number of rotatable bonds is 3. The summed E-state index contributed by atoms with van der Waals surface area (Å²) in [5, 5.41) is 4.21. The van der Waals surface area contributed by atoms with Gasteiger partial charge in [0, 0.05) is 35.6 Å². The Morgan fingerprint density at radius 3 is 2.81 bits per heavy atom. The van der Waals surface area contributed by atoms with Crippen LogP contribution in [0.15, 0.2) is 22.1 Å². The van der Waals surface area contributed by atoms with Gasteiger partial charge >= 0.3 is 0 Å². The van der Waals surface area contributed by atoms with Gasteiger partial charge in [0.05, 0.1) is 9.98 Å². The van der Waals surface area contributed by atoms with Crippen molar-refractivity contribution in [1.82, 2.24) is 9.78 Å². The van der Waals surface area contributed by atoms with Gasteiger partial charge < -0.3 is 5.73 Å². The minimum atomic E-state index is 0.0271. The van der Waals surface area contributed by atoms with Gasteiger partial charge in [0.15, 0.2) is 0 Å². The lowest BCUT2D eigenvalue weighted by Gasteiger charge is -2.09. The lowest BCUT2D eigenvalue weighted by atomic mass is 10.1. The highest BCUT2D eigenvalue weighted by atomic mass is 79.9. The zero-order valence-corrected chi connectivity index (χ0v) is 11.7. The number of hydrogen-bond acceptors (Lipinski definition) is 3. The van der Waals surface area contributed by atoms with Gasteiger partial charge in [-0.2, -0.15) is 5.10 Å². The molecule has 1 atom stereocenters. The summed E-state index contributed by atoms with van der Waals surface area (Å²) >= 11 is 5.19. The van der Waals surface area contributed by atoms with Gasteiger partial charge in [-0.15, -0.1) is 11.3 Å². The second-order valence-electron chi connectivity index (χ2n) is 3.83. The highest BCUT2D eigenvalue weighted by molar-refractivity contribution is 9.11. The number of aryl methyl sites for hydroxylation is 1. The molecular formula is C11H14BrN3S. The molecule has 0 radical (unpaired) electrons. The van der Waals surface area contributed by atoms with Crippen molar-refractivity contribution >= 4 is 27.3 Å². The van der Waals surface area contributed by atoms with Gasteiger partial charge in [-0.25, -0.2) is 0 Å². The Bertz CT molecular complexity index is 489. The van der Waals surface area contributed by atoms with Crippen LogP contribution in [-0.2, 0) is 13.5 Å². The van der Waals surface area contributed by atoms with Crippen molar-refractivity contribution < 1.29 is 0 Å². The van der Waals surface area contributed by atoms with E-state index in [1.807, 2.05) is 24.9 Å². The Labute approximate surface area is 107 Å². The lowest BCUT2D eigenvalue weighted by Crippen LogP contribution is -2.13. The average Bonchev–Trinajstić information content (AvgIpc) is 2.76. The van der Waals surface area contributed by atoms with E-state index in [9.17, 15) is 0 Å². The summed E-state index contributed by atoms with van der Waals surface area (Å²) < 4.78 is 3.01. The van der Waals surface area contributed by atoms with Crippen molar-refractivity contribution in [3.63, 3.8) is 0 Å². The molecule has 0 amide bonds. The third-order valence-corrected chi connectivity index (χ3v) is 4.37. The van der Waals surface area contributed by atoms with E-state index in [1.54, 1.807) is 11.3 Å². The van der Waals surface area contributed by atoms with Gasteiger partial charge in [-0.05, 0) is 35.0 Å². The SMILES string of the molecule is Cc1c(C(N)Cc2ccc(Br)s2)cnn1C. The van der Waals surface area contributed by atoms with Crippen LogP contribution in [0, 0.1) is 6.92 Å². The zero-order chi connectivity index (χ0) is 11.7. The fourth-order valence-electron chi connectivity index (χ4n) is 1.67. The van der Waals surface area contributed by atoms with E-state index < -0.39 is 0 Å². The summed E-state index contributed by atoms with van der Waals surface area (Å²) in [5.41, 5.74) is 8.46. The number of nitrogens with two attached hydrogens (primary N) is 1. The predicted octanol–water partition coefficient (Wildman–Crippen LogP) is 2.80. The molecule has 2 N–H and O–H groups in total. The Morgan fingerprint density at radius 2 is 2.31 bits per heavy atom. The molecule has 0 fully saturated rings. The van der Waals surface area contributed by atoms with E-state index in [2.05, 4.69) is 33.2 Å². The van der Waals surface area contributed by atoms with Crippen LogP contribution in [0.2, 0.25) is 0 Å². The second kappa shape index (κ2) is 4.69. The minimum absolute atomic E-state index is 0.0271. The molecule has 1 unspecified atom stereocenters. The first kappa shape index (κ1) is 11.8. The van der Waals surface area contributed by atoms with Crippen molar-refractivity contribution in [1.29, 1.82) is 0 Å². The topological polar surface area (TPSA) is 43.8 Å². The van der Waals surface area contributed by atoms with Gasteiger partial charge in [0.25, 0.3) is 0 Å². The molecule has 2 aromatic heterocycles. The van der Waals surface area contributed by atoms with Gasteiger partial charge in [0.1, 0.15) is 0 Å². The molecule has 86 valence electrons. The van der Waals surface area contributed by atoms with Crippen molar-refractivity contribution in [2.24, 2.45) is 12.8 Å². The van der Waals surface area contributed by atoms with E-state index in [0.717, 1.165) is 21.5 Å². The largest absolute Gasteiger partial charge is 0.324 e. The summed E-state index contributed by atoms with van der Waals surface area (Å²) in [4.78, 5) is 1.29. The van der Waals surface area contributed by atoms with E-state index >= 15 is 0 Å². The molecule has 0 aliphatic heterocycles. The molecule has 0 saturated carbocycles. The summed E-state index contributed by atoms with van der Waals surface area (Å²) in [7, 11) is 1.94. The van der Waals surface area contributed by atoms with Gasteiger partial charge in [-0.1, -0.05) is 0 Å². The smallest absolute Gasteiger partial charge is 0.0701 e.